The van der Waals surface area contributed by atoms with E-state index >= 15 is 0 Å². The van der Waals surface area contributed by atoms with Gasteiger partial charge in [-0.05, 0) is 56.9 Å². The van der Waals surface area contributed by atoms with Gasteiger partial charge in [0.25, 0.3) is 0 Å². The Morgan fingerprint density at radius 1 is 1.23 bits per heavy atom. The Morgan fingerprint density at radius 2 is 1.92 bits per heavy atom. The normalized spacial score (nSPS) is 15.5. The Bertz CT molecular complexity index is 520. The zero-order valence-corrected chi connectivity index (χ0v) is 18.1. The van der Waals surface area contributed by atoms with Crippen LogP contribution >= 0.6 is 24.0 Å². The average Bonchev–Trinajstić information content (AvgIpc) is 2.64. The molecule has 0 unspecified atom stereocenters. The summed E-state index contributed by atoms with van der Waals surface area (Å²) in [5.41, 5.74) is 0. The second-order valence-electron chi connectivity index (χ2n) is 6.13. The van der Waals surface area contributed by atoms with Crippen LogP contribution in [0, 0.1) is 5.82 Å². The molecule has 1 aromatic rings. The molecule has 1 fully saturated rings. The first kappa shape index (κ1) is 23.0. The molecule has 1 heterocycles. The molecule has 0 bridgehead atoms. The molecule has 148 valence electrons. The van der Waals surface area contributed by atoms with Gasteiger partial charge in [0.15, 0.2) is 5.96 Å². The van der Waals surface area contributed by atoms with Crippen molar-refractivity contribution in [1.29, 1.82) is 0 Å². The number of unbranched alkanes of at least 4 members (excludes halogenated alkanes) is 1. The van der Waals surface area contributed by atoms with Crippen molar-refractivity contribution >= 4 is 29.9 Å². The third-order valence-electron chi connectivity index (χ3n) is 4.29. The van der Waals surface area contributed by atoms with Crippen LogP contribution in [0.3, 0.4) is 0 Å². The van der Waals surface area contributed by atoms with E-state index in [2.05, 4.69) is 15.2 Å². The molecule has 1 saturated heterocycles. The number of halogens is 2. The van der Waals surface area contributed by atoms with Gasteiger partial charge >= 0.3 is 0 Å². The van der Waals surface area contributed by atoms with Crippen molar-refractivity contribution in [2.24, 2.45) is 4.99 Å². The number of ether oxygens (including phenoxy) is 2. The van der Waals surface area contributed by atoms with Crippen LogP contribution in [-0.4, -0.2) is 56.9 Å². The molecule has 0 radical (unpaired) electrons. The van der Waals surface area contributed by atoms with Gasteiger partial charge in [-0.1, -0.05) is 0 Å². The third kappa shape index (κ3) is 8.07. The Balaban J connectivity index is 0.00000338. The van der Waals surface area contributed by atoms with E-state index in [9.17, 15) is 4.39 Å². The first-order valence-electron chi connectivity index (χ1n) is 9.18. The summed E-state index contributed by atoms with van der Waals surface area (Å²) in [6.45, 7) is 6.30. The zero-order chi connectivity index (χ0) is 17.9. The second kappa shape index (κ2) is 13.1. The lowest BCUT2D eigenvalue weighted by Gasteiger charge is -2.34. The first-order valence-corrected chi connectivity index (χ1v) is 9.18. The summed E-state index contributed by atoms with van der Waals surface area (Å²) in [5.74, 6) is 1.44. The SMILES string of the molecule is CCOC1CCN(C(=NC)NCCCCOc2ccc(F)cc2)CC1.I. The summed E-state index contributed by atoms with van der Waals surface area (Å²) in [6.07, 6.45) is 4.44. The highest BCUT2D eigenvalue weighted by Gasteiger charge is 2.21. The lowest BCUT2D eigenvalue weighted by atomic mass is 10.1. The van der Waals surface area contributed by atoms with Crippen LogP contribution < -0.4 is 10.1 Å². The lowest BCUT2D eigenvalue weighted by molar-refractivity contribution is 0.0264. The molecule has 0 atom stereocenters. The van der Waals surface area contributed by atoms with Crippen LogP contribution in [0.25, 0.3) is 0 Å². The number of nitrogens with one attached hydrogen (secondary N) is 1. The number of hydrogen-bond acceptors (Lipinski definition) is 3. The quantitative estimate of drug-likeness (QED) is 0.268. The number of rotatable bonds is 8. The fourth-order valence-electron chi connectivity index (χ4n) is 2.95. The fourth-order valence-corrected chi connectivity index (χ4v) is 2.95. The van der Waals surface area contributed by atoms with E-state index in [-0.39, 0.29) is 29.8 Å². The monoisotopic (exact) mass is 479 g/mol. The van der Waals surface area contributed by atoms with Crippen LogP contribution in [0.2, 0.25) is 0 Å². The molecule has 1 aliphatic heterocycles. The number of hydrogen-bond donors (Lipinski definition) is 1. The maximum Gasteiger partial charge on any atom is 0.193 e. The minimum absolute atomic E-state index is 0. The van der Waals surface area contributed by atoms with Gasteiger partial charge in [-0.15, -0.1) is 24.0 Å². The third-order valence-corrected chi connectivity index (χ3v) is 4.29. The molecule has 2 rings (SSSR count). The van der Waals surface area contributed by atoms with E-state index in [4.69, 9.17) is 9.47 Å². The summed E-state index contributed by atoms with van der Waals surface area (Å²) in [5, 5.41) is 3.42. The molecule has 7 heteroatoms. The minimum atomic E-state index is -0.242. The highest BCUT2D eigenvalue weighted by molar-refractivity contribution is 14.0. The zero-order valence-electron chi connectivity index (χ0n) is 15.7. The fraction of sp³-hybridized carbons (Fsp3) is 0.632. The smallest absolute Gasteiger partial charge is 0.193 e. The van der Waals surface area contributed by atoms with Gasteiger partial charge in [-0.2, -0.15) is 0 Å². The molecular weight excluding hydrogens is 448 g/mol. The maximum absolute atomic E-state index is 12.8. The molecule has 1 N–H and O–H groups in total. The van der Waals surface area contributed by atoms with E-state index in [1.165, 1.54) is 12.1 Å². The number of aliphatic imine (C=N–C) groups is 1. The van der Waals surface area contributed by atoms with Gasteiger partial charge in [0, 0.05) is 33.3 Å². The van der Waals surface area contributed by atoms with Crippen molar-refractivity contribution in [2.45, 2.75) is 38.7 Å². The van der Waals surface area contributed by atoms with Gasteiger partial charge < -0.3 is 19.7 Å². The van der Waals surface area contributed by atoms with Crippen LogP contribution in [-0.2, 0) is 4.74 Å². The highest BCUT2D eigenvalue weighted by Crippen LogP contribution is 2.14. The number of benzene rings is 1. The molecule has 0 aromatic heterocycles. The molecule has 1 aliphatic rings. The number of piperidine rings is 1. The van der Waals surface area contributed by atoms with Crippen molar-refractivity contribution in [3.63, 3.8) is 0 Å². The van der Waals surface area contributed by atoms with Gasteiger partial charge in [-0.25, -0.2) is 4.39 Å². The Kier molecular flexibility index (Phi) is 11.6. The first-order chi connectivity index (χ1) is 12.2. The second-order valence-corrected chi connectivity index (χ2v) is 6.13. The standard InChI is InChI=1S/C19H30FN3O2.HI/c1-3-24-18-10-13-23(14-11-18)19(21-2)22-12-4-5-15-25-17-8-6-16(20)7-9-17;/h6-9,18H,3-5,10-15H2,1-2H3,(H,21,22);1H. The minimum Gasteiger partial charge on any atom is -0.494 e. The van der Waals surface area contributed by atoms with Crippen molar-refractivity contribution in [2.75, 3.05) is 39.9 Å². The molecule has 0 spiro atoms. The molecular formula is C19H31FIN3O2. The molecule has 1 aromatic carbocycles. The number of guanidine groups is 1. The van der Waals surface area contributed by atoms with Gasteiger partial charge in [0.2, 0.25) is 0 Å². The maximum atomic E-state index is 12.8. The van der Waals surface area contributed by atoms with E-state index < -0.39 is 0 Å². The summed E-state index contributed by atoms with van der Waals surface area (Å²) in [6, 6.07) is 6.13. The van der Waals surface area contributed by atoms with Gasteiger partial charge in [0.05, 0.1) is 12.7 Å². The molecule has 0 aliphatic carbocycles. The predicted octanol–water partition coefficient (Wildman–Crippen LogP) is 3.68. The topological polar surface area (TPSA) is 46.1 Å². The van der Waals surface area contributed by atoms with Crippen LogP contribution in [0.1, 0.15) is 32.6 Å². The molecule has 0 amide bonds. The van der Waals surface area contributed by atoms with Crippen LogP contribution in [0.5, 0.6) is 5.75 Å². The van der Waals surface area contributed by atoms with Gasteiger partial charge in [-0.3, -0.25) is 4.99 Å². The van der Waals surface area contributed by atoms with Crippen molar-refractivity contribution in [1.82, 2.24) is 10.2 Å². The Morgan fingerprint density at radius 3 is 2.54 bits per heavy atom. The van der Waals surface area contributed by atoms with Crippen molar-refractivity contribution in [3.8, 4) is 5.75 Å². The summed E-state index contributed by atoms with van der Waals surface area (Å²) >= 11 is 0. The molecule has 0 saturated carbocycles. The molecule has 5 nitrogen and oxygen atoms in total. The Labute approximate surface area is 173 Å². The average molecular weight is 479 g/mol. The van der Waals surface area contributed by atoms with E-state index in [1.807, 2.05) is 14.0 Å². The van der Waals surface area contributed by atoms with Crippen molar-refractivity contribution in [3.05, 3.63) is 30.1 Å². The summed E-state index contributed by atoms with van der Waals surface area (Å²) in [7, 11) is 1.83. The predicted molar refractivity (Wildman–Crippen MR) is 114 cm³/mol. The van der Waals surface area contributed by atoms with E-state index in [1.54, 1.807) is 12.1 Å². The largest absolute Gasteiger partial charge is 0.494 e. The van der Waals surface area contributed by atoms with Gasteiger partial charge in [0.1, 0.15) is 11.6 Å². The lowest BCUT2D eigenvalue weighted by Crippen LogP contribution is -2.47. The summed E-state index contributed by atoms with van der Waals surface area (Å²) < 4.78 is 24.1. The van der Waals surface area contributed by atoms with E-state index in [0.29, 0.717) is 18.5 Å². The van der Waals surface area contributed by atoms with Crippen LogP contribution in [0.4, 0.5) is 4.39 Å². The highest BCUT2D eigenvalue weighted by atomic mass is 127. The van der Waals surface area contributed by atoms with Crippen molar-refractivity contribution < 1.29 is 13.9 Å². The number of nitrogens with zero attached hydrogens (tertiary/aromatic N) is 2. The molecule has 26 heavy (non-hydrogen) atoms. The summed E-state index contributed by atoms with van der Waals surface area (Å²) in [4.78, 5) is 6.68. The van der Waals surface area contributed by atoms with Crippen LogP contribution in [0.15, 0.2) is 29.3 Å². The Hall–Kier alpha value is -1.09. The number of likely N-dealkylation sites (tertiary alicyclic amines) is 1. The van der Waals surface area contributed by atoms with E-state index in [0.717, 1.165) is 57.9 Å².